The highest BCUT2D eigenvalue weighted by Gasteiger charge is 2.11. The summed E-state index contributed by atoms with van der Waals surface area (Å²) in [4.78, 5) is 17.9. The summed E-state index contributed by atoms with van der Waals surface area (Å²) in [5.41, 5.74) is 0.248. The van der Waals surface area contributed by atoms with E-state index in [9.17, 15) is 13.6 Å². The number of carbonyl (C=O) groups is 1. The number of aldehydes is 1. The SMILES string of the molecule is O=Cc1cnc(-c2cccc(F)c2F)nc1. The van der Waals surface area contributed by atoms with Crippen LogP contribution in [0.3, 0.4) is 0 Å². The molecular formula is C11H6F2N2O. The number of benzene rings is 1. The molecule has 3 nitrogen and oxygen atoms in total. The zero-order chi connectivity index (χ0) is 11.5. The summed E-state index contributed by atoms with van der Waals surface area (Å²) in [6, 6.07) is 3.75. The number of nitrogens with zero attached hydrogens (tertiary/aromatic N) is 2. The van der Waals surface area contributed by atoms with Crippen molar-refractivity contribution in [2.75, 3.05) is 0 Å². The molecule has 0 aliphatic rings. The predicted molar refractivity (Wildman–Crippen MR) is 52.8 cm³/mol. The van der Waals surface area contributed by atoms with E-state index in [0.717, 1.165) is 6.07 Å². The number of hydrogen-bond acceptors (Lipinski definition) is 3. The van der Waals surface area contributed by atoms with Crippen LogP contribution in [0.2, 0.25) is 0 Å². The first-order valence-corrected chi connectivity index (χ1v) is 4.44. The van der Waals surface area contributed by atoms with Gasteiger partial charge in [0.05, 0.1) is 11.1 Å². The lowest BCUT2D eigenvalue weighted by Crippen LogP contribution is -1.95. The van der Waals surface area contributed by atoms with Gasteiger partial charge in [0, 0.05) is 12.4 Å². The molecule has 1 heterocycles. The molecule has 0 unspecified atom stereocenters. The summed E-state index contributed by atoms with van der Waals surface area (Å²) >= 11 is 0. The van der Waals surface area contributed by atoms with E-state index in [-0.39, 0.29) is 17.0 Å². The molecule has 1 aromatic carbocycles. The summed E-state index contributed by atoms with van der Waals surface area (Å²) in [6.45, 7) is 0. The maximum absolute atomic E-state index is 13.3. The van der Waals surface area contributed by atoms with Crippen molar-refractivity contribution in [3.8, 4) is 11.4 Å². The summed E-state index contributed by atoms with van der Waals surface area (Å²) in [5, 5.41) is 0. The highest BCUT2D eigenvalue weighted by atomic mass is 19.2. The Morgan fingerprint density at radius 1 is 1.12 bits per heavy atom. The average Bonchev–Trinajstić information content (AvgIpc) is 2.33. The minimum absolute atomic E-state index is 0.0301. The highest BCUT2D eigenvalue weighted by molar-refractivity contribution is 5.73. The van der Waals surface area contributed by atoms with Crippen molar-refractivity contribution < 1.29 is 13.6 Å². The normalized spacial score (nSPS) is 10.1. The van der Waals surface area contributed by atoms with Crippen LogP contribution in [-0.4, -0.2) is 16.3 Å². The largest absolute Gasteiger partial charge is 0.298 e. The summed E-state index contributed by atoms with van der Waals surface area (Å²) in [6.07, 6.45) is 3.07. The molecule has 80 valence electrons. The van der Waals surface area contributed by atoms with Crippen LogP contribution in [0.5, 0.6) is 0 Å². The Bertz CT molecular complexity index is 526. The minimum atomic E-state index is -0.999. The van der Waals surface area contributed by atoms with E-state index in [1.165, 1.54) is 24.5 Å². The van der Waals surface area contributed by atoms with Gasteiger partial charge in [-0.2, -0.15) is 0 Å². The van der Waals surface area contributed by atoms with Gasteiger partial charge in [0.2, 0.25) is 0 Å². The molecule has 0 fully saturated rings. The van der Waals surface area contributed by atoms with Crippen molar-refractivity contribution in [1.82, 2.24) is 9.97 Å². The van der Waals surface area contributed by atoms with Gasteiger partial charge in [0.1, 0.15) is 0 Å². The Kier molecular flexibility index (Phi) is 2.68. The molecular weight excluding hydrogens is 214 g/mol. The van der Waals surface area contributed by atoms with Gasteiger partial charge < -0.3 is 0 Å². The molecule has 2 rings (SSSR count). The molecule has 5 heteroatoms. The summed E-state index contributed by atoms with van der Waals surface area (Å²) < 4.78 is 26.3. The molecule has 1 aromatic heterocycles. The second kappa shape index (κ2) is 4.14. The molecule has 0 N–H and O–H groups in total. The fourth-order valence-electron chi connectivity index (χ4n) is 1.21. The zero-order valence-electron chi connectivity index (χ0n) is 8.02. The fourth-order valence-corrected chi connectivity index (χ4v) is 1.21. The third-order valence-corrected chi connectivity index (χ3v) is 2.00. The van der Waals surface area contributed by atoms with Gasteiger partial charge in [-0.05, 0) is 12.1 Å². The molecule has 2 aromatic rings. The fraction of sp³-hybridized carbons (Fsp3) is 0. The number of hydrogen-bond donors (Lipinski definition) is 0. The number of halogens is 2. The third kappa shape index (κ3) is 1.79. The maximum Gasteiger partial charge on any atom is 0.169 e. The van der Waals surface area contributed by atoms with Crippen molar-refractivity contribution in [1.29, 1.82) is 0 Å². The van der Waals surface area contributed by atoms with E-state index in [4.69, 9.17) is 0 Å². The van der Waals surface area contributed by atoms with Gasteiger partial charge >= 0.3 is 0 Å². The first kappa shape index (κ1) is 10.4. The van der Waals surface area contributed by atoms with Crippen LogP contribution < -0.4 is 0 Å². The van der Waals surface area contributed by atoms with Crippen LogP contribution in [0.25, 0.3) is 11.4 Å². The lowest BCUT2D eigenvalue weighted by Gasteiger charge is -2.01. The van der Waals surface area contributed by atoms with Crippen LogP contribution in [0.1, 0.15) is 10.4 Å². The van der Waals surface area contributed by atoms with Crippen molar-refractivity contribution in [3.63, 3.8) is 0 Å². The van der Waals surface area contributed by atoms with E-state index in [0.29, 0.717) is 6.29 Å². The number of carbonyl (C=O) groups excluding carboxylic acids is 1. The van der Waals surface area contributed by atoms with Gasteiger partial charge in [-0.25, -0.2) is 18.7 Å². The molecule has 0 bridgehead atoms. The summed E-state index contributed by atoms with van der Waals surface area (Å²) in [5.74, 6) is -1.91. The van der Waals surface area contributed by atoms with Gasteiger partial charge in [0.25, 0.3) is 0 Å². The molecule has 0 radical (unpaired) electrons. The topological polar surface area (TPSA) is 42.9 Å². The average molecular weight is 220 g/mol. The van der Waals surface area contributed by atoms with Gasteiger partial charge in [0.15, 0.2) is 23.7 Å². The molecule has 0 saturated heterocycles. The van der Waals surface area contributed by atoms with E-state index >= 15 is 0 Å². The van der Waals surface area contributed by atoms with Gasteiger partial charge in [-0.15, -0.1) is 0 Å². The van der Waals surface area contributed by atoms with Gasteiger partial charge in [-0.3, -0.25) is 4.79 Å². The van der Waals surface area contributed by atoms with E-state index in [1.54, 1.807) is 0 Å². The van der Waals surface area contributed by atoms with Crippen LogP contribution in [0.4, 0.5) is 8.78 Å². The highest BCUT2D eigenvalue weighted by Crippen LogP contribution is 2.20. The zero-order valence-corrected chi connectivity index (χ0v) is 8.02. The van der Waals surface area contributed by atoms with E-state index in [1.807, 2.05) is 0 Å². The van der Waals surface area contributed by atoms with Crippen molar-refractivity contribution >= 4 is 6.29 Å². The number of aromatic nitrogens is 2. The first-order chi connectivity index (χ1) is 7.72. The first-order valence-electron chi connectivity index (χ1n) is 4.44. The molecule has 16 heavy (non-hydrogen) atoms. The molecule has 0 spiro atoms. The Morgan fingerprint density at radius 2 is 1.81 bits per heavy atom. The molecule has 0 aliphatic heterocycles. The smallest absolute Gasteiger partial charge is 0.169 e. The van der Waals surface area contributed by atoms with Crippen molar-refractivity contribution in [3.05, 3.63) is 47.8 Å². The quantitative estimate of drug-likeness (QED) is 0.729. The van der Waals surface area contributed by atoms with Crippen LogP contribution in [-0.2, 0) is 0 Å². The molecule has 0 amide bonds. The Balaban J connectivity index is 2.50. The van der Waals surface area contributed by atoms with Gasteiger partial charge in [-0.1, -0.05) is 6.07 Å². The monoisotopic (exact) mass is 220 g/mol. The summed E-state index contributed by atoms with van der Waals surface area (Å²) in [7, 11) is 0. The molecule has 0 aliphatic carbocycles. The van der Waals surface area contributed by atoms with Crippen LogP contribution >= 0.6 is 0 Å². The number of rotatable bonds is 2. The van der Waals surface area contributed by atoms with Crippen LogP contribution in [0, 0.1) is 11.6 Å². The second-order valence-electron chi connectivity index (χ2n) is 3.06. The van der Waals surface area contributed by atoms with E-state index < -0.39 is 11.6 Å². The molecule has 0 atom stereocenters. The van der Waals surface area contributed by atoms with Crippen molar-refractivity contribution in [2.24, 2.45) is 0 Å². The molecule has 0 saturated carbocycles. The maximum atomic E-state index is 13.3. The lowest BCUT2D eigenvalue weighted by atomic mass is 10.2. The Morgan fingerprint density at radius 3 is 2.44 bits per heavy atom. The lowest BCUT2D eigenvalue weighted by molar-refractivity contribution is 0.112. The standard InChI is InChI=1S/C11H6F2N2O/c12-9-3-1-2-8(10(9)13)11-14-4-7(6-16)5-15-11/h1-6H. The van der Waals surface area contributed by atoms with Crippen LogP contribution in [0.15, 0.2) is 30.6 Å². The minimum Gasteiger partial charge on any atom is -0.298 e. The third-order valence-electron chi connectivity index (χ3n) is 2.00. The predicted octanol–water partition coefficient (Wildman–Crippen LogP) is 2.23. The Hall–Kier alpha value is -2.17. The Labute approximate surface area is 89.8 Å². The van der Waals surface area contributed by atoms with E-state index in [2.05, 4.69) is 9.97 Å². The van der Waals surface area contributed by atoms with Crippen molar-refractivity contribution in [2.45, 2.75) is 0 Å². The second-order valence-corrected chi connectivity index (χ2v) is 3.06.